The minimum Gasteiger partial charge on any atom is -0.328 e. The van der Waals surface area contributed by atoms with Crippen molar-refractivity contribution in [3.63, 3.8) is 0 Å². The summed E-state index contributed by atoms with van der Waals surface area (Å²) in [6.07, 6.45) is 5.27. The third-order valence-corrected chi connectivity index (χ3v) is 2.98. The van der Waals surface area contributed by atoms with Gasteiger partial charge in [-0.2, -0.15) is 0 Å². The van der Waals surface area contributed by atoms with Crippen molar-refractivity contribution in [1.82, 2.24) is 4.90 Å². The zero-order valence-corrected chi connectivity index (χ0v) is 9.29. The van der Waals surface area contributed by atoms with E-state index in [0.717, 1.165) is 12.5 Å². The van der Waals surface area contributed by atoms with Gasteiger partial charge in [0, 0.05) is 18.1 Å². The van der Waals surface area contributed by atoms with Crippen LogP contribution in [0.2, 0.25) is 0 Å². The second-order valence-electron chi connectivity index (χ2n) is 4.69. The molecule has 2 heteroatoms. The van der Waals surface area contributed by atoms with Crippen molar-refractivity contribution in [2.24, 2.45) is 5.73 Å². The molecule has 1 aliphatic heterocycles. The lowest BCUT2D eigenvalue weighted by Crippen LogP contribution is -2.45. The van der Waals surface area contributed by atoms with Crippen molar-refractivity contribution in [3.8, 4) is 0 Å². The van der Waals surface area contributed by atoms with Gasteiger partial charge in [0.25, 0.3) is 0 Å². The molecule has 0 aromatic heterocycles. The van der Waals surface area contributed by atoms with Crippen LogP contribution in [0.4, 0.5) is 0 Å². The standard InChI is InChI=1S/C11H24N2/c1-9(2)13-7-5-4-6-11(13)8-10(3)12/h9-11H,4-8,12H2,1-3H3. The third kappa shape index (κ3) is 3.28. The lowest BCUT2D eigenvalue weighted by molar-refractivity contribution is 0.102. The Labute approximate surface area is 82.5 Å². The van der Waals surface area contributed by atoms with Crippen molar-refractivity contribution >= 4 is 0 Å². The van der Waals surface area contributed by atoms with E-state index in [0.29, 0.717) is 12.1 Å². The van der Waals surface area contributed by atoms with Gasteiger partial charge >= 0.3 is 0 Å². The van der Waals surface area contributed by atoms with Crippen LogP contribution in [0.1, 0.15) is 46.5 Å². The Hall–Kier alpha value is -0.0800. The largest absolute Gasteiger partial charge is 0.328 e. The molecular formula is C11H24N2. The summed E-state index contributed by atoms with van der Waals surface area (Å²) >= 11 is 0. The molecule has 0 spiro atoms. The van der Waals surface area contributed by atoms with Crippen LogP contribution in [0.15, 0.2) is 0 Å². The number of piperidine rings is 1. The Morgan fingerprint density at radius 2 is 2.00 bits per heavy atom. The summed E-state index contributed by atoms with van der Waals surface area (Å²) in [5, 5.41) is 0. The molecule has 2 atom stereocenters. The molecule has 0 aliphatic carbocycles. The minimum atomic E-state index is 0.351. The van der Waals surface area contributed by atoms with Gasteiger partial charge in [0.1, 0.15) is 0 Å². The summed E-state index contributed by atoms with van der Waals surface area (Å²) in [5.74, 6) is 0. The number of likely N-dealkylation sites (tertiary alicyclic amines) is 1. The normalized spacial score (nSPS) is 27.9. The van der Waals surface area contributed by atoms with Gasteiger partial charge in [0.05, 0.1) is 0 Å². The maximum absolute atomic E-state index is 5.86. The molecule has 1 saturated heterocycles. The first-order chi connectivity index (χ1) is 6.11. The first-order valence-corrected chi connectivity index (χ1v) is 5.62. The lowest BCUT2D eigenvalue weighted by Gasteiger charge is -2.39. The van der Waals surface area contributed by atoms with Crippen molar-refractivity contribution < 1.29 is 0 Å². The van der Waals surface area contributed by atoms with E-state index in [1.54, 1.807) is 0 Å². The predicted octanol–water partition coefficient (Wildman–Crippen LogP) is 1.99. The van der Waals surface area contributed by atoms with E-state index in [1.165, 1.54) is 25.8 Å². The van der Waals surface area contributed by atoms with Crippen molar-refractivity contribution in [3.05, 3.63) is 0 Å². The summed E-state index contributed by atoms with van der Waals surface area (Å²) in [6, 6.07) is 1.78. The molecular weight excluding hydrogens is 160 g/mol. The highest BCUT2D eigenvalue weighted by atomic mass is 15.2. The molecule has 0 radical (unpaired) electrons. The molecule has 1 fully saturated rings. The Bertz CT molecular complexity index is 143. The van der Waals surface area contributed by atoms with Gasteiger partial charge in [-0.25, -0.2) is 0 Å². The topological polar surface area (TPSA) is 29.3 Å². The smallest absolute Gasteiger partial charge is 0.0113 e. The van der Waals surface area contributed by atoms with Crippen molar-refractivity contribution in [1.29, 1.82) is 0 Å². The van der Waals surface area contributed by atoms with Gasteiger partial charge in [-0.05, 0) is 46.6 Å². The molecule has 13 heavy (non-hydrogen) atoms. The molecule has 1 heterocycles. The molecule has 2 N–H and O–H groups in total. The van der Waals surface area contributed by atoms with E-state index >= 15 is 0 Å². The Kier molecular flexibility index (Phi) is 4.20. The maximum atomic E-state index is 5.86. The van der Waals surface area contributed by atoms with E-state index in [4.69, 9.17) is 5.73 Å². The monoisotopic (exact) mass is 184 g/mol. The van der Waals surface area contributed by atoms with E-state index in [1.807, 2.05) is 0 Å². The predicted molar refractivity (Wildman–Crippen MR) is 57.7 cm³/mol. The summed E-state index contributed by atoms with van der Waals surface area (Å²) in [4.78, 5) is 2.62. The summed E-state index contributed by atoms with van der Waals surface area (Å²) < 4.78 is 0. The number of nitrogens with zero attached hydrogens (tertiary/aromatic N) is 1. The highest BCUT2D eigenvalue weighted by molar-refractivity contribution is 4.81. The van der Waals surface area contributed by atoms with Crippen LogP contribution in [0.5, 0.6) is 0 Å². The van der Waals surface area contributed by atoms with Gasteiger partial charge < -0.3 is 5.73 Å². The number of hydrogen-bond acceptors (Lipinski definition) is 2. The Morgan fingerprint density at radius 3 is 2.54 bits per heavy atom. The van der Waals surface area contributed by atoms with Gasteiger partial charge in [-0.3, -0.25) is 4.90 Å². The second kappa shape index (κ2) is 4.97. The fourth-order valence-electron chi connectivity index (χ4n) is 2.38. The summed E-state index contributed by atoms with van der Waals surface area (Å²) in [6.45, 7) is 7.97. The first kappa shape index (κ1) is 11.0. The molecule has 0 amide bonds. The first-order valence-electron chi connectivity index (χ1n) is 5.62. The van der Waals surface area contributed by atoms with E-state index in [9.17, 15) is 0 Å². The fourth-order valence-corrected chi connectivity index (χ4v) is 2.38. The average Bonchev–Trinajstić information content (AvgIpc) is 2.03. The average molecular weight is 184 g/mol. The minimum absolute atomic E-state index is 0.351. The van der Waals surface area contributed by atoms with Gasteiger partial charge in [-0.1, -0.05) is 6.42 Å². The van der Waals surface area contributed by atoms with Crippen molar-refractivity contribution in [2.75, 3.05) is 6.54 Å². The maximum Gasteiger partial charge on any atom is 0.0113 e. The van der Waals surface area contributed by atoms with Crippen molar-refractivity contribution in [2.45, 2.75) is 64.6 Å². The quantitative estimate of drug-likeness (QED) is 0.727. The Morgan fingerprint density at radius 1 is 1.31 bits per heavy atom. The van der Waals surface area contributed by atoms with Crippen LogP contribution in [0, 0.1) is 0 Å². The van der Waals surface area contributed by atoms with Gasteiger partial charge in [-0.15, -0.1) is 0 Å². The molecule has 0 aromatic rings. The SMILES string of the molecule is CC(N)CC1CCCCN1C(C)C. The van der Waals surface area contributed by atoms with Crippen LogP contribution < -0.4 is 5.73 Å². The van der Waals surface area contributed by atoms with Gasteiger partial charge in [0.2, 0.25) is 0 Å². The number of hydrogen-bond donors (Lipinski definition) is 1. The second-order valence-corrected chi connectivity index (χ2v) is 4.69. The molecule has 78 valence electrons. The lowest BCUT2D eigenvalue weighted by atomic mass is 9.95. The van der Waals surface area contributed by atoms with E-state index < -0.39 is 0 Å². The zero-order chi connectivity index (χ0) is 9.84. The molecule has 0 saturated carbocycles. The molecule has 1 rings (SSSR count). The number of nitrogens with two attached hydrogens (primary N) is 1. The van der Waals surface area contributed by atoms with E-state index in [2.05, 4.69) is 25.7 Å². The number of rotatable bonds is 3. The highest BCUT2D eigenvalue weighted by Crippen LogP contribution is 2.22. The molecule has 0 aromatic carbocycles. The Balaban J connectivity index is 2.46. The fraction of sp³-hybridized carbons (Fsp3) is 1.00. The zero-order valence-electron chi connectivity index (χ0n) is 9.29. The summed E-state index contributed by atoms with van der Waals surface area (Å²) in [5.41, 5.74) is 5.86. The molecule has 0 bridgehead atoms. The highest BCUT2D eigenvalue weighted by Gasteiger charge is 2.24. The summed E-state index contributed by atoms with van der Waals surface area (Å²) in [7, 11) is 0. The van der Waals surface area contributed by atoms with Crippen LogP contribution in [0.3, 0.4) is 0 Å². The van der Waals surface area contributed by atoms with E-state index in [-0.39, 0.29) is 0 Å². The third-order valence-electron chi connectivity index (χ3n) is 2.98. The van der Waals surface area contributed by atoms with Crippen LogP contribution in [0.25, 0.3) is 0 Å². The van der Waals surface area contributed by atoms with Crippen LogP contribution >= 0.6 is 0 Å². The molecule has 2 nitrogen and oxygen atoms in total. The molecule has 1 aliphatic rings. The van der Waals surface area contributed by atoms with Crippen LogP contribution in [-0.4, -0.2) is 29.6 Å². The molecule has 2 unspecified atom stereocenters. The van der Waals surface area contributed by atoms with Gasteiger partial charge in [0.15, 0.2) is 0 Å². The van der Waals surface area contributed by atoms with Crippen LogP contribution in [-0.2, 0) is 0 Å².